The van der Waals surface area contributed by atoms with Gasteiger partial charge in [-0.25, -0.2) is 4.79 Å². The molecule has 1 aliphatic heterocycles. The predicted octanol–water partition coefficient (Wildman–Crippen LogP) is 0.519. The number of carbonyl (C=O) groups excluding carboxylic acids is 1. The number of carboxylic acids is 1. The van der Waals surface area contributed by atoms with E-state index in [-0.39, 0.29) is 17.2 Å². The summed E-state index contributed by atoms with van der Waals surface area (Å²) in [5.74, 6) is -1.60. The van der Waals surface area contributed by atoms with Gasteiger partial charge in [0, 0.05) is 5.69 Å². The van der Waals surface area contributed by atoms with Gasteiger partial charge in [0.2, 0.25) is 0 Å². The predicted molar refractivity (Wildman–Crippen MR) is 74.0 cm³/mol. The van der Waals surface area contributed by atoms with E-state index in [1.165, 1.54) is 0 Å². The first-order valence-corrected chi connectivity index (χ1v) is 5.68. The van der Waals surface area contributed by atoms with Crippen molar-refractivity contribution in [1.29, 1.82) is 0 Å². The minimum atomic E-state index is -1.20. The molecule has 0 bridgehead atoms. The Morgan fingerprint density at radius 2 is 2.26 bits per heavy atom. The van der Waals surface area contributed by atoms with E-state index in [9.17, 15) is 9.59 Å². The highest BCUT2D eigenvalue weighted by Crippen LogP contribution is 2.23. The van der Waals surface area contributed by atoms with E-state index in [4.69, 9.17) is 23.1 Å². The second kappa shape index (κ2) is 5.02. The van der Waals surface area contributed by atoms with Crippen LogP contribution >= 0.6 is 12.2 Å². The molecule has 0 saturated heterocycles. The van der Waals surface area contributed by atoms with Crippen molar-refractivity contribution >= 4 is 46.3 Å². The van der Waals surface area contributed by atoms with Gasteiger partial charge in [0.05, 0.1) is 12.1 Å². The van der Waals surface area contributed by atoms with Crippen molar-refractivity contribution < 1.29 is 14.7 Å². The lowest BCUT2D eigenvalue weighted by Crippen LogP contribution is -2.21. The number of carbonyl (C=O) groups is 2. The molecule has 0 fully saturated rings. The number of anilines is 2. The third-order valence-corrected chi connectivity index (χ3v) is 2.48. The van der Waals surface area contributed by atoms with Crippen LogP contribution in [0.4, 0.5) is 11.4 Å². The second-order valence-corrected chi connectivity index (χ2v) is 4.21. The number of nitrogens with two attached hydrogens (primary N) is 1. The molecule has 0 saturated carbocycles. The van der Waals surface area contributed by atoms with Gasteiger partial charge >= 0.3 is 5.97 Å². The van der Waals surface area contributed by atoms with E-state index in [2.05, 4.69) is 10.4 Å². The molecule has 0 unspecified atom stereocenters. The molecule has 98 valence electrons. The Labute approximate surface area is 113 Å². The lowest BCUT2D eigenvalue weighted by atomic mass is 10.2. The first-order chi connectivity index (χ1) is 8.97. The van der Waals surface area contributed by atoms with Crippen LogP contribution in [0.5, 0.6) is 0 Å². The van der Waals surface area contributed by atoms with Crippen molar-refractivity contribution in [3.63, 3.8) is 0 Å². The highest BCUT2D eigenvalue weighted by atomic mass is 32.1. The minimum Gasteiger partial charge on any atom is -0.477 e. The Bertz CT molecular complexity index is 599. The maximum absolute atomic E-state index is 11.7. The fourth-order valence-corrected chi connectivity index (χ4v) is 1.73. The van der Waals surface area contributed by atoms with E-state index >= 15 is 0 Å². The zero-order valence-corrected chi connectivity index (χ0v) is 10.5. The van der Waals surface area contributed by atoms with E-state index in [0.29, 0.717) is 11.4 Å². The molecule has 1 aromatic rings. The summed E-state index contributed by atoms with van der Waals surface area (Å²) in [5, 5.41) is 16.5. The minimum absolute atomic E-state index is 0.0969. The van der Waals surface area contributed by atoms with Crippen LogP contribution < -0.4 is 16.1 Å². The molecule has 8 heteroatoms. The van der Waals surface area contributed by atoms with Crippen molar-refractivity contribution in [2.75, 3.05) is 10.3 Å². The van der Waals surface area contributed by atoms with Gasteiger partial charge in [-0.05, 0) is 30.4 Å². The molecule has 0 radical (unpaired) electrons. The first-order valence-electron chi connectivity index (χ1n) is 5.27. The Kier molecular flexibility index (Phi) is 3.43. The van der Waals surface area contributed by atoms with Crippen LogP contribution in [-0.4, -0.2) is 27.8 Å². The molecule has 1 aliphatic rings. The number of thiocarbonyl (C=S) groups is 1. The molecule has 1 heterocycles. The van der Waals surface area contributed by atoms with Crippen molar-refractivity contribution in [3.05, 3.63) is 24.3 Å². The van der Waals surface area contributed by atoms with Crippen molar-refractivity contribution in [3.8, 4) is 0 Å². The van der Waals surface area contributed by atoms with Gasteiger partial charge in [-0.1, -0.05) is 6.07 Å². The Hall–Kier alpha value is -2.48. The summed E-state index contributed by atoms with van der Waals surface area (Å²) in [7, 11) is 0. The lowest BCUT2D eigenvalue weighted by Gasteiger charge is -2.13. The summed E-state index contributed by atoms with van der Waals surface area (Å²) in [5.41, 5.74) is 6.21. The number of hydrogen-bond donors (Lipinski definition) is 3. The van der Waals surface area contributed by atoms with E-state index in [0.717, 1.165) is 5.01 Å². The SMILES string of the molecule is NC(=S)Nc1cccc(N2N=C(C(=O)O)CC2=O)c1. The topological polar surface area (TPSA) is 108 Å². The van der Waals surface area contributed by atoms with Gasteiger partial charge in [-0.15, -0.1) is 0 Å². The smallest absolute Gasteiger partial charge is 0.352 e. The molecule has 4 N–H and O–H groups in total. The molecule has 0 spiro atoms. The average Bonchev–Trinajstić information content (AvgIpc) is 2.71. The summed E-state index contributed by atoms with van der Waals surface area (Å²) in [6.45, 7) is 0. The molecule has 19 heavy (non-hydrogen) atoms. The van der Waals surface area contributed by atoms with Crippen molar-refractivity contribution in [1.82, 2.24) is 0 Å². The van der Waals surface area contributed by atoms with Crippen LogP contribution in [0.2, 0.25) is 0 Å². The van der Waals surface area contributed by atoms with Crippen LogP contribution in [0.15, 0.2) is 29.4 Å². The number of amides is 1. The van der Waals surface area contributed by atoms with Gasteiger partial charge in [0.15, 0.2) is 10.8 Å². The quantitative estimate of drug-likeness (QED) is 0.696. The number of nitrogens with one attached hydrogen (secondary N) is 1. The highest BCUT2D eigenvalue weighted by molar-refractivity contribution is 7.80. The summed E-state index contributed by atoms with van der Waals surface area (Å²) >= 11 is 4.71. The lowest BCUT2D eigenvalue weighted by molar-refractivity contribution is -0.129. The first kappa shape index (κ1) is 13.0. The Morgan fingerprint density at radius 3 is 2.84 bits per heavy atom. The maximum atomic E-state index is 11.7. The average molecular weight is 278 g/mol. The van der Waals surface area contributed by atoms with Crippen LogP contribution in [0.1, 0.15) is 6.42 Å². The zero-order valence-electron chi connectivity index (χ0n) is 9.66. The van der Waals surface area contributed by atoms with Gasteiger partial charge in [0.25, 0.3) is 5.91 Å². The third kappa shape index (κ3) is 2.86. The molecule has 0 aromatic heterocycles. The van der Waals surface area contributed by atoms with Crippen LogP contribution in [-0.2, 0) is 9.59 Å². The fraction of sp³-hybridized carbons (Fsp3) is 0.0909. The maximum Gasteiger partial charge on any atom is 0.352 e. The van der Waals surface area contributed by atoms with Crippen molar-refractivity contribution in [2.45, 2.75) is 6.42 Å². The fourth-order valence-electron chi connectivity index (χ4n) is 1.61. The standard InChI is InChI=1S/C11H10N4O3S/c12-11(19)13-6-2-1-3-7(4-6)15-9(16)5-8(14-15)10(17)18/h1-4H,5H2,(H,17,18)(H3,12,13,19). The molecular weight excluding hydrogens is 268 g/mol. The van der Waals surface area contributed by atoms with Gasteiger partial charge in [0.1, 0.15) is 0 Å². The van der Waals surface area contributed by atoms with Crippen LogP contribution in [0, 0.1) is 0 Å². The summed E-state index contributed by atoms with van der Waals surface area (Å²) < 4.78 is 0. The number of aliphatic carboxylic acids is 1. The second-order valence-electron chi connectivity index (χ2n) is 3.77. The number of rotatable bonds is 3. The zero-order chi connectivity index (χ0) is 14.0. The van der Waals surface area contributed by atoms with Crippen LogP contribution in [0.25, 0.3) is 0 Å². The normalized spacial score (nSPS) is 14.2. The third-order valence-electron chi connectivity index (χ3n) is 2.38. The summed E-state index contributed by atoms with van der Waals surface area (Å²) in [6.07, 6.45) is -0.220. The highest BCUT2D eigenvalue weighted by Gasteiger charge is 2.29. The largest absolute Gasteiger partial charge is 0.477 e. The molecular formula is C11H10N4O3S. The van der Waals surface area contributed by atoms with Gasteiger partial charge < -0.3 is 16.2 Å². The van der Waals surface area contributed by atoms with Gasteiger partial charge in [-0.3, -0.25) is 4.79 Å². The summed E-state index contributed by atoms with van der Waals surface area (Å²) in [4.78, 5) is 22.5. The van der Waals surface area contributed by atoms with E-state index in [1.807, 2.05) is 0 Å². The number of hydrogen-bond acceptors (Lipinski definition) is 4. The van der Waals surface area contributed by atoms with Gasteiger partial charge in [-0.2, -0.15) is 10.1 Å². The molecule has 0 aliphatic carbocycles. The Balaban J connectivity index is 2.29. The summed E-state index contributed by atoms with van der Waals surface area (Å²) in [6, 6.07) is 6.63. The van der Waals surface area contributed by atoms with E-state index < -0.39 is 11.9 Å². The molecule has 7 nitrogen and oxygen atoms in total. The monoisotopic (exact) mass is 278 g/mol. The Morgan fingerprint density at radius 1 is 1.53 bits per heavy atom. The number of nitrogens with zero attached hydrogens (tertiary/aromatic N) is 2. The van der Waals surface area contributed by atoms with Crippen LogP contribution in [0.3, 0.4) is 0 Å². The number of hydrazone groups is 1. The van der Waals surface area contributed by atoms with E-state index in [1.54, 1.807) is 24.3 Å². The number of carboxylic acid groups (broad SMARTS) is 1. The molecule has 1 amide bonds. The van der Waals surface area contributed by atoms with Crippen molar-refractivity contribution in [2.24, 2.45) is 10.8 Å². The molecule has 0 atom stereocenters. The number of benzene rings is 1. The molecule has 1 aromatic carbocycles. The molecule has 2 rings (SSSR count).